The van der Waals surface area contributed by atoms with E-state index in [1.54, 1.807) is 31.2 Å². The van der Waals surface area contributed by atoms with E-state index in [9.17, 15) is 14.4 Å². The first-order valence-corrected chi connectivity index (χ1v) is 12.0. The third-order valence-electron chi connectivity index (χ3n) is 6.09. The zero-order chi connectivity index (χ0) is 25.5. The molecule has 4 rings (SSSR count). The fraction of sp³-hybridized carbons (Fsp3) is 0.250. The van der Waals surface area contributed by atoms with Crippen LogP contribution < -0.4 is 15.5 Å². The second kappa shape index (κ2) is 11.4. The molecule has 3 aromatic rings. The molecule has 1 heterocycles. The highest BCUT2D eigenvalue weighted by molar-refractivity contribution is 6.00. The predicted octanol–water partition coefficient (Wildman–Crippen LogP) is 4.78. The molecule has 0 aromatic heterocycles. The van der Waals surface area contributed by atoms with Crippen LogP contribution in [-0.4, -0.2) is 55.6 Å². The van der Waals surface area contributed by atoms with Crippen molar-refractivity contribution in [2.45, 2.75) is 13.8 Å². The molecule has 36 heavy (non-hydrogen) atoms. The van der Waals surface area contributed by atoms with E-state index in [1.165, 1.54) is 0 Å². The molecular formula is C28H30N4O4. The Kier molecular flexibility index (Phi) is 7.85. The lowest BCUT2D eigenvalue weighted by Crippen LogP contribution is -2.48. The van der Waals surface area contributed by atoms with Gasteiger partial charge in [0.05, 0.1) is 12.2 Å². The summed E-state index contributed by atoms with van der Waals surface area (Å²) in [6, 6.07) is 21.4. The van der Waals surface area contributed by atoms with E-state index in [0.717, 1.165) is 29.9 Å². The minimum atomic E-state index is -0.395. The second-order valence-electron chi connectivity index (χ2n) is 8.52. The van der Waals surface area contributed by atoms with Gasteiger partial charge in [0, 0.05) is 48.8 Å². The van der Waals surface area contributed by atoms with Crippen molar-refractivity contribution < 1.29 is 19.1 Å². The van der Waals surface area contributed by atoms with Crippen LogP contribution in [-0.2, 0) is 4.74 Å². The summed E-state index contributed by atoms with van der Waals surface area (Å²) >= 11 is 0. The number of hydrogen-bond acceptors (Lipinski definition) is 5. The number of esters is 1. The van der Waals surface area contributed by atoms with Crippen molar-refractivity contribution in [3.05, 3.63) is 89.5 Å². The van der Waals surface area contributed by atoms with Crippen LogP contribution in [0.15, 0.2) is 72.8 Å². The highest BCUT2D eigenvalue weighted by atomic mass is 16.5. The average molecular weight is 487 g/mol. The lowest BCUT2D eigenvalue weighted by Gasteiger charge is -2.36. The number of piperazine rings is 1. The Morgan fingerprint density at radius 1 is 0.806 bits per heavy atom. The normalized spacial score (nSPS) is 13.2. The molecule has 0 aliphatic carbocycles. The largest absolute Gasteiger partial charge is 0.462 e. The number of rotatable bonds is 6. The van der Waals surface area contributed by atoms with Crippen LogP contribution in [0.2, 0.25) is 0 Å². The van der Waals surface area contributed by atoms with Gasteiger partial charge in [-0.3, -0.25) is 4.79 Å². The molecule has 3 aromatic carbocycles. The van der Waals surface area contributed by atoms with Crippen molar-refractivity contribution in [2.24, 2.45) is 0 Å². The predicted molar refractivity (Wildman–Crippen MR) is 141 cm³/mol. The molecule has 2 N–H and O–H groups in total. The number of nitrogens with zero attached hydrogens (tertiary/aromatic N) is 2. The van der Waals surface area contributed by atoms with Crippen LogP contribution in [0.5, 0.6) is 0 Å². The van der Waals surface area contributed by atoms with Crippen molar-refractivity contribution in [1.29, 1.82) is 0 Å². The molecule has 8 heteroatoms. The summed E-state index contributed by atoms with van der Waals surface area (Å²) in [5, 5.41) is 5.56. The van der Waals surface area contributed by atoms with Crippen LogP contribution in [0.4, 0.5) is 21.9 Å². The molecule has 0 radical (unpaired) electrons. The van der Waals surface area contributed by atoms with Gasteiger partial charge in [-0.05, 0) is 74.0 Å². The van der Waals surface area contributed by atoms with Gasteiger partial charge in [0.25, 0.3) is 5.91 Å². The topological polar surface area (TPSA) is 91.0 Å². The van der Waals surface area contributed by atoms with Gasteiger partial charge in [0.2, 0.25) is 0 Å². The van der Waals surface area contributed by atoms with E-state index in [0.29, 0.717) is 36.6 Å². The number of hydrogen-bond donors (Lipinski definition) is 2. The van der Waals surface area contributed by atoms with Crippen LogP contribution in [0.25, 0.3) is 0 Å². The molecule has 3 amide bonds. The minimum absolute atomic E-state index is 0.0776. The third kappa shape index (κ3) is 6.02. The monoisotopic (exact) mass is 486 g/mol. The first kappa shape index (κ1) is 24.8. The smallest absolute Gasteiger partial charge is 0.338 e. The number of carbonyl (C=O) groups excluding carboxylic acids is 3. The maximum atomic E-state index is 12.9. The number of ether oxygens (including phenoxy) is 1. The Bertz CT molecular complexity index is 1220. The SMILES string of the molecule is CCOC(=O)c1ccc(NC(=O)Nc2ccc(N3CCN(C(=O)c4ccccc4C)CC3)cc2)cc1. The maximum absolute atomic E-state index is 12.9. The molecule has 1 aliphatic rings. The standard InChI is InChI=1S/C28H30N4O4/c1-3-36-27(34)21-8-10-22(11-9-21)29-28(35)30-23-12-14-24(15-13-23)31-16-18-32(19-17-31)26(33)25-7-5-4-6-20(25)2/h4-15H,3,16-19H2,1-2H3,(H2,29,30,35). The van der Waals surface area contributed by atoms with Gasteiger partial charge in [-0.25, -0.2) is 9.59 Å². The zero-order valence-electron chi connectivity index (χ0n) is 20.5. The first-order chi connectivity index (χ1) is 17.4. The number of anilines is 3. The molecule has 0 bridgehead atoms. The zero-order valence-corrected chi connectivity index (χ0v) is 20.5. The molecule has 8 nitrogen and oxygen atoms in total. The van der Waals surface area contributed by atoms with Crippen molar-refractivity contribution >= 4 is 35.0 Å². The number of aryl methyl sites for hydroxylation is 1. The lowest BCUT2D eigenvalue weighted by molar-refractivity contribution is 0.0526. The first-order valence-electron chi connectivity index (χ1n) is 12.0. The van der Waals surface area contributed by atoms with Gasteiger partial charge in [0.15, 0.2) is 0 Å². The lowest BCUT2D eigenvalue weighted by atomic mass is 10.1. The Morgan fingerprint density at radius 2 is 1.39 bits per heavy atom. The Morgan fingerprint density at radius 3 is 1.97 bits per heavy atom. The van der Waals surface area contributed by atoms with E-state index in [-0.39, 0.29) is 11.9 Å². The third-order valence-corrected chi connectivity index (χ3v) is 6.09. The molecule has 0 saturated carbocycles. The van der Waals surface area contributed by atoms with E-state index < -0.39 is 5.97 Å². The van der Waals surface area contributed by atoms with E-state index in [4.69, 9.17) is 4.74 Å². The fourth-order valence-electron chi connectivity index (χ4n) is 4.10. The van der Waals surface area contributed by atoms with Crippen molar-refractivity contribution in [2.75, 3.05) is 48.3 Å². The van der Waals surface area contributed by atoms with Crippen LogP contribution in [0, 0.1) is 6.92 Å². The molecule has 0 unspecified atom stereocenters. The highest BCUT2D eigenvalue weighted by Crippen LogP contribution is 2.21. The summed E-state index contributed by atoms with van der Waals surface area (Å²) in [6.07, 6.45) is 0. The molecule has 186 valence electrons. The number of carbonyl (C=O) groups is 3. The van der Waals surface area contributed by atoms with Gasteiger partial charge in [-0.1, -0.05) is 18.2 Å². The maximum Gasteiger partial charge on any atom is 0.338 e. The average Bonchev–Trinajstić information content (AvgIpc) is 2.90. The second-order valence-corrected chi connectivity index (χ2v) is 8.52. The summed E-state index contributed by atoms with van der Waals surface area (Å²) in [4.78, 5) is 41.1. The van der Waals surface area contributed by atoms with E-state index >= 15 is 0 Å². The number of benzene rings is 3. The van der Waals surface area contributed by atoms with Gasteiger partial charge in [-0.2, -0.15) is 0 Å². The van der Waals surface area contributed by atoms with E-state index in [1.807, 2.05) is 60.4 Å². The molecule has 0 spiro atoms. The summed E-state index contributed by atoms with van der Waals surface area (Å²) in [7, 11) is 0. The Balaban J connectivity index is 1.27. The molecule has 1 aliphatic heterocycles. The van der Waals surface area contributed by atoms with Crippen molar-refractivity contribution in [3.8, 4) is 0 Å². The minimum Gasteiger partial charge on any atom is -0.462 e. The van der Waals surface area contributed by atoms with Gasteiger partial charge in [-0.15, -0.1) is 0 Å². The molecular weight excluding hydrogens is 456 g/mol. The van der Waals surface area contributed by atoms with Crippen molar-refractivity contribution in [1.82, 2.24) is 4.90 Å². The van der Waals surface area contributed by atoms with Gasteiger partial charge in [0.1, 0.15) is 0 Å². The molecule has 1 fully saturated rings. The summed E-state index contributed by atoms with van der Waals surface area (Å²) < 4.78 is 4.96. The van der Waals surface area contributed by atoms with Crippen LogP contribution in [0.3, 0.4) is 0 Å². The number of urea groups is 1. The Hall–Kier alpha value is -4.33. The van der Waals surface area contributed by atoms with Crippen LogP contribution in [0.1, 0.15) is 33.2 Å². The number of amides is 3. The van der Waals surface area contributed by atoms with Crippen LogP contribution >= 0.6 is 0 Å². The van der Waals surface area contributed by atoms with E-state index in [2.05, 4.69) is 15.5 Å². The Labute approximate surface area is 210 Å². The molecule has 0 atom stereocenters. The quantitative estimate of drug-likeness (QED) is 0.490. The van der Waals surface area contributed by atoms with Crippen molar-refractivity contribution in [3.63, 3.8) is 0 Å². The summed E-state index contributed by atoms with van der Waals surface area (Å²) in [6.45, 7) is 6.82. The van der Waals surface area contributed by atoms with Gasteiger partial charge < -0.3 is 25.2 Å². The summed E-state index contributed by atoms with van der Waals surface area (Å²) in [5.41, 5.74) is 4.45. The number of nitrogens with one attached hydrogen (secondary N) is 2. The highest BCUT2D eigenvalue weighted by Gasteiger charge is 2.23. The molecule has 1 saturated heterocycles. The summed E-state index contributed by atoms with van der Waals surface area (Å²) in [5.74, 6) is -0.318. The fourth-order valence-corrected chi connectivity index (χ4v) is 4.10. The van der Waals surface area contributed by atoms with Gasteiger partial charge >= 0.3 is 12.0 Å².